The predicted molar refractivity (Wildman–Crippen MR) is 70.4 cm³/mol. The topological polar surface area (TPSA) is 93.5 Å². The van der Waals surface area contributed by atoms with Crippen molar-refractivity contribution in [3.8, 4) is 0 Å². The van der Waals surface area contributed by atoms with Crippen LogP contribution in [0.1, 0.15) is 38.5 Å². The fourth-order valence-electron chi connectivity index (χ4n) is 2.88. The summed E-state index contributed by atoms with van der Waals surface area (Å²) in [5.41, 5.74) is 5.38. The lowest BCUT2D eigenvalue weighted by Crippen LogP contribution is -2.51. The molecule has 1 saturated heterocycles. The van der Waals surface area contributed by atoms with Gasteiger partial charge in [0, 0.05) is 19.2 Å². The van der Waals surface area contributed by atoms with Gasteiger partial charge in [-0.1, -0.05) is 12.8 Å². The van der Waals surface area contributed by atoms with Crippen molar-refractivity contribution in [3.05, 3.63) is 0 Å². The monoisotopic (exact) mass is 269 g/mol. The molecule has 2 rings (SSSR count). The van der Waals surface area contributed by atoms with Crippen LogP contribution in [0.15, 0.2) is 0 Å². The van der Waals surface area contributed by atoms with Crippen LogP contribution in [0.25, 0.3) is 0 Å². The molecule has 0 spiro atoms. The smallest absolute Gasteiger partial charge is 0.315 e. The molecule has 0 aromatic rings. The zero-order valence-electron chi connectivity index (χ0n) is 11.2. The van der Waals surface area contributed by atoms with E-state index in [0.717, 1.165) is 45.1 Å². The van der Waals surface area contributed by atoms with Gasteiger partial charge in [-0.15, -0.1) is 0 Å². The molecule has 108 valence electrons. The Hall–Kier alpha value is -1.30. The largest absolute Gasteiger partial charge is 0.376 e. The SMILES string of the molecule is NC(=O)[C@@H]1CCCC[C@H]1NC(=O)NC[C@@H]1CCCO1. The molecule has 19 heavy (non-hydrogen) atoms. The lowest BCUT2D eigenvalue weighted by atomic mass is 9.84. The third-order valence-corrected chi connectivity index (χ3v) is 3.96. The number of rotatable bonds is 4. The molecule has 0 radical (unpaired) electrons. The summed E-state index contributed by atoms with van der Waals surface area (Å²) in [5, 5.41) is 5.67. The first-order valence-corrected chi connectivity index (χ1v) is 7.12. The summed E-state index contributed by atoms with van der Waals surface area (Å²) in [5.74, 6) is -0.550. The minimum atomic E-state index is -0.316. The van der Waals surface area contributed by atoms with Crippen molar-refractivity contribution < 1.29 is 14.3 Å². The van der Waals surface area contributed by atoms with E-state index in [9.17, 15) is 9.59 Å². The van der Waals surface area contributed by atoms with Gasteiger partial charge < -0.3 is 21.1 Å². The first kappa shape index (κ1) is 14.1. The van der Waals surface area contributed by atoms with E-state index in [0.29, 0.717) is 6.54 Å². The van der Waals surface area contributed by atoms with Crippen molar-refractivity contribution in [1.82, 2.24) is 10.6 Å². The van der Waals surface area contributed by atoms with Crippen molar-refractivity contribution in [2.24, 2.45) is 11.7 Å². The Balaban J connectivity index is 1.74. The van der Waals surface area contributed by atoms with E-state index >= 15 is 0 Å². The maximum absolute atomic E-state index is 11.8. The van der Waals surface area contributed by atoms with E-state index < -0.39 is 0 Å². The Morgan fingerprint density at radius 1 is 1.16 bits per heavy atom. The number of nitrogens with one attached hydrogen (secondary N) is 2. The van der Waals surface area contributed by atoms with Gasteiger partial charge >= 0.3 is 6.03 Å². The van der Waals surface area contributed by atoms with Gasteiger partial charge in [0.15, 0.2) is 0 Å². The lowest BCUT2D eigenvalue weighted by molar-refractivity contribution is -0.123. The molecule has 0 bridgehead atoms. The number of amides is 3. The van der Waals surface area contributed by atoms with Crippen LogP contribution in [0, 0.1) is 5.92 Å². The van der Waals surface area contributed by atoms with E-state index in [-0.39, 0.29) is 30.0 Å². The molecule has 3 atom stereocenters. The summed E-state index contributed by atoms with van der Waals surface area (Å²) in [6, 6.07) is -0.357. The van der Waals surface area contributed by atoms with Crippen LogP contribution in [0.2, 0.25) is 0 Å². The number of hydrogen-bond acceptors (Lipinski definition) is 3. The highest BCUT2D eigenvalue weighted by molar-refractivity contribution is 5.79. The molecule has 1 aliphatic heterocycles. The minimum Gasteiger partial charge on any atom is -0.376 e. The van der Waals surface area contributed by atoms with Crippen molar-refractivity contribution in [1.29, 1.82) is 0 Å². The molecule has 4 N–H and O–H groups in total. The van der Waals surface area contributed by atoms with Gasteiger partial charge in [0.1, 0.15) is 0 Å². The second-order valence-electron chi connectivity index (χ2n) is 5.39. The number of nitrogens with two attached hydrogens (primary N) is 1. The first-order chi connectivity index (χ1) is 9.16. The normalized spacial score (nSPS) is 30.8. The van der Waals surface area contributed by atoms with Crippen molar-refractivity contribution >= 4 is 11.9 Å². The van der Waals surface area contributed by atoms with Gasteiger partial charge in [-0.2, -0.15) is 0 Å². The fraction of sp³-hybridized carbons (Fsp3) is 0.846. The molecule has 1 saturated carbocycles. The second-order valence-corrected chi connectivity index (χ2v) is 5.39. The van der Waals surface area contributed by atoms with Gasteiger partial charge in [-0.05, 0) is 25.7 Å². The molecule has 1 heterocycles. The molecular weight excluding hydrogens is 246 g/mol. The number of carbonyl (C=O) groups excluding carboxylic acids is 2. The summed E-state index contributed by atoms with van der Waals surface area (Å²) in [6.07, 6.45) is 5.80. The first-order valence-electron chi connectivity index (χ1n) is 7.12. The van der Waals surface area contributed by atoms with Crippen LogP contribution >= 0.6 is 0 Å². The number of hydrogen-bond donors (Lipinski definition) is 3. The Kier molecular flexibility index (Phi) is 5.01. The van der Waals surface area contributed by atoms with E-state index in [4.69, 9.17) is 10.5 Å². The average Bonchev–Trinajstić information content (AvgIpc) is 2.90. The Morgan fingerprint density at radius 3 is 2.63 bits per heavy atom. The highest BCUT2D eigenvalue weighted by Crippen LogP contribution is 2.24. The summed E-state index contributed by atoms with van der Waals surface area (Å²) in [4.78, 5) is 23.2. The molecule has 3 amide bonds. The molecule has 0 aromatic carbocycles. The third kappa shape index (κ3) is 4.09. The third-order valence-electron chi connectivity index (χ3n) is 3.96. The van der Waals surface area contributed by atoms with Crippen molar-refractivity contribution in [2.45, 2.75) is 50.7 Å². The Morgan fingerprint density at radius 2 is 1.95 bits per heavy atom. The van der Waals surface area contributed by atoms with Crippen molar-refractivity contribution in [2.75, 3.05) is 13.2 Å². The van der Waals surface area contributed by atoms with E-state index in [2.05, 4.69) is 10.6 Å². The lowest BCUT2D eigenvalue weighted by Gasteiger charge is -2.30. The summed E-state index contributed by atoms with van der Waals surface area (Å²) >= 11 is 0. The van der Waals surface area contributed by atoms with Gasteiger partial charge in [-0.25, -0.2) is 4.79 Å². The molecule has 6 heteroatoms. The number of urea groups is 1. The van der Waals surface area contributed by atoms with E-state index in [1.54, 1.807) is 0 Å². The molecular formula is C13H23N3O3. The second kappa shape index (κ2) is 6.75. The maximum atomic E-state index is 11.8. The fourth-order valence-corrected chi connectivity index (χ4v) is 2.88. The Labute approximate surface area is 113 Å². The standard InChI is InChI=1S/C13H23N3O3/c14-12(17)10-5-1-2-6-11(10)16-13(18)15-8-9-4-3-7-19-9/h9-11H,1-8H2,(H2,14,17)(H2,15,16,18)/t9-,10+,11+/m0/s1. The van der Waals surface area contributed by atoms with Gasteiger partial charge in [-0.3, -0.25) is 4.79 Å². The summed E-state index contributed by atoms with van der Waals surface area (Å²) in [7, 11) is 0. The number of primary amides is 1. The maximum Gasteiger partial charge on any atom is 0.315 e. The molecule has 0 unspecified atom stereocenters. The van der Waals surface area contributed by atoms with Crippen LogP contribution in [0.5, 0.6) is 0 Å². The van der Waals surface area contributed by atoms with Crippen LogP contribution in [-0.2, 0) is 9.53 Å². The molecule has 2 aliphatic rings. The van der Waals surface area contributed by atoms with E-state index in [1.165, 1.54) is 0 Å². The van der Waals surface area contributed by atoms with E-state index in [1.807, 2.05) is 0 Å². The van der Waals surface area contributed by atoms with Crippen molar-refractivity contribution in [3.63, 3.8) is 0 Å². The zero-order valence-corrected chi connectivity index (χ0v) is 11.2. The van der Waals surface area contributed by atoms with Crippen LogP contribution in [0.4, 0.5) is 4.79 Å². The van der Waals surface area contributed by atoms with Crippen LogP contribution < -0.4 is 16.4 Å². The minimum absolute atomic E-state index is 0.129. The highest BCUT2D eigenvalue weighted by atomic mass is 16.5. The Bertz CT molecular complexity index is 329. The van der Waals surface area contributed by atoms with Gasteiger partial charge in [0.2, 0.25) is 5.91 Å². The van der Waals surface area contributed by atoms with Gasteiger partial charge in [0.25, 0.3) is 0 Å². The van der Waals surface area contributed by atoms with Crippen LogP contribution in [-0.4, -0.2) is 37.2 Å². The highest BCUT2D eigenvalue weighted by Gasteiger charge is 2.30. The zero-order chi connectivity index (χ0) is 13.7. The van der Waals surface area contributed by atoms with Gasteiger partial charge in [0.05, 0.1) is 12.0 Å². The molecule has 0 aromatic heterocycles. The molecule has 2 fully saturated rings. The van der Waals surface area contributed by atoms with Crippen LogP contribution in [0.3, 0.4) is 0 Å². The summed E-state index contributed by atoms with van der Waals surface area (Å²) in [6.45, 7) is 1.31. The quantitative estimate of drug-likeness (QED) is 0.694. The molecule has 6 nitrogen and oxygen atoms in total. The number of ether oxygens (including phenoxy) is 1. The predicted octanol–water partition coefficient (Wildman–Crippen LogP) is 0.509. The average molecular weight is 269 g/mol. The number of carbonyl (C=O) groups is 2. The summed E-state index contributed by atoms with van der Waals surface area (Å²) < 4.78 is 5.44. The molecule has 1 aliphatic carbocycles.